The predicted octanol–water partition coefficient (Wildman–Crippen LogP) is 6.62. The number of piperidine rings is 1. The number of anilines is 4. The van der Waals surface area contributed by atoms with Crippen LogP contribution in [0, 0.1) is 6.92 Å². The van der Waals surface area contributed by atoms with Crippen molar-refractivity contribution in [3.63, 3.8) is 0 Å². The zero-order valence-corrected chi connectivity index (χ0v) is 25.8. The van der Waals surface area contributed by atoms with E-state index < -0.39 is 0 Å². The van der Waals surface area contributed by atoms with Gasteiger partial charge in [-0.3, -0.25) is 14.5 Å². The summed E-state index contributed by atoms with van der Waals surface area (Å²) in [5.74, 6) is 0.0542. The number of nitrogens with two attached hydrogens (primary N) is 1. The Kier molecular flexibility index (Phi) is 8.69. The number of nitrogens with one attached hydrogen (secondary N) is 2. The maximum Gasteiger partial charge on any atom is 0.293 e. The molecule has 0 spiro atoms. The molecule has 1 aliphatic heterocycles. The van der Waals surface area contributed by atoms with Crippen molar-refractivity contribution in [2.45, 2.75) is 58.9 Å². The van der Waals surface area contributed by atoms with E-state index in [0.29, 0.717) is 22.6 Å². The summed E-state index contributed by atoms with van der Waals surface area (Å²) in [5.41, 5.74) is 13.2. The number of hydrogen-bond acceptors (Lipinski definition) is 6. The standard InChI is InChI=1S/C35H42N6O2/c1-23-28(10-9-11-29(23)39-33(42)24-12-14-26(15-13-24)35(2,3)4)31-22-40(5)34(43)32(38-31)37-30-17-16-27(36)20-25(30)21-41-18-7-6-8-19-41/h9-17,20,22H,6-8,18-19,21,36H2,1-5H3,(H,37,38)(H,39,42). The van der Waals surface area contributed by atoms with Crippen LogP contribution in [0.15, 0.2) is 71.7 Å². The molecular formula is C35H42N6O2. The molecule has 8 nitrogen and oxygen atoms in total. The average molecular weight is 579 g/mol. The zero-order chi connectivity index (χ0) is 30.7. The van der Waals surface area contributed by atoms with Gasteiger partial charge >= 0.3 is 0 Å². The minimum Gasteiger partial charge on any atom is -0.399 e. The van der Waals surface area contributed by atoms with Crippen molar-refractivity contribution in [2.75, 3.05) is 29.5 Å². The molecule has 0 atom stereocenters. The summed E-state index contributed by atoms with van der Waals surface area (Å²) in [5, 5.41) is 6.37. The topological polar surface area (TPSA) is 105 Å². The molecule has 0 saturated carbocycles. The Hall–Kier alpha value is -4.43. The minimum atomic E-state index is -0.231. The SMILES string of the molecule is Cc1c(NC(=O)c2ccc(C(C)(C)C)cc2)cccc1-c1cn(C)c(=O)c(Nc2ccc(N)cc2CN2CCCCC2)n1. The summed E-state index contributed by atoms with van der Waals surface area (Å²) in [6, 6.07) is 19.2. The molecule has 0 radical (unpaired) electrons. The van der Waals surface area contributed by atoms with E-state index in [1.807, 2.05) is 67.6 Å². The molecule has 43 heavy (non-hydrogen) atoms. The van der Waals surface area contributed by atoms with Gasteiger partial charge in [-0.1, -0.05) is 51.5 Å². The predicted molar refractivity (Wildman–Crippen MR) is 176 cm³/mol. The Labute approximate surface area is 254 Å². The molecule has 5 rings (SSSR count). The van der Waals surface area contributed by atoms with E-state index in [1.165, 1.54) is 29.4 Å². The van der Waals surface area contributed by atoms with E-state index in [2.05, 4.69) is 36.3 Å². The highest BCUT2D eigenvalue weighted by molar-refractivity contribution is 6.05. The van der Waals surface area contributed by atoms with Gasteiger partial charge in [-0.05, 0) is 91.4 Å². The summed E-state index contributed by atoms with van der Waals surface area (Å²) in [6.07, 6.45) is 5.37. The molecule has 8 heteroatoms. The molecule has 1 saturated heterocycles. The van der Waals surface area contributed by atoms with Crippen LogP contribution in [-0.2, 0) is 19.0 Å². The van der Waals surface area contributed by atoms with Crippen molar-refractivity contribution in [3.05, 3.63) is 99.5 Å². The van der Waals surface area contributed by atoms with Crippen LogP contribution in [0.4, 0.5) is 22.9 Å². The lowest BCUT2D eigenvalue weighted by Crippen LogP contribution is -2.29. The molecule has 1 aromatic heterocycles. The Balaban J connectivity index is 1.42. The quantitative estimate of drug-likeness (QED) is 0.213. The number of rotatable bonds is 7. The van der Waals surface area contributed by atoms with Gasteiger partial charge in [-0.15, -0.1) is 0 Å². The minimum absolute atomic E-state index is 0.0131. The highest BCUT2D eigenvalue weighted by Gasteiger charge is 2.18. The van der Waals surface area contributed by atoms with Gasteiger partial charge in [0.15, 0.2) is 5.82 Å². The highest BCUT2D eigenvalue weighted by atomic mass is 16.1. The summed E-state index contributed by atoms with van der Waals surface area (Å²) in [6.45, 7) is 11.3. The zero-order valence-electron chi connectivity index (χ0n) is 25.8. The van der Waals surface area contributed by atoms with Crippen LogP contribution in [0.3, 0.4) is 0 Å². The van der Waals surface area contributed by atoms with E-state index in [0.717, 1.165) is 42.0 Å². The van der Waals surface area contributed by atoms with Crippen molar-refractivity contribution in [1.29, 1.82) is 0 Å². The third kappa shape index (κ3) is 6.97. The van der Waals surface area contributed by atoms with E-state index in [4.69, 9.17) is 10.7 Å². The number of hydrogen-bond donors (Lipinski definition) is 3. The van der Waals surface area contributed by atoms with Crippen molar-refractivity contribution in [2.24, 2.45) is 7.05 Å². The molecule has 4 N–H and O–H groups in total. The van der Waals surface area contributed by atoms with E-state index in [-0.39, 0.29) is 22.7 Å². The van der Waals surface area contributed by atoms with Gasteiger partial charge in [-0.25, -0.2) is 4.98 Å². The van der Waals surface area contributed by atoms with Gasteiger partial charge in [0.25, 0.3) is 11.5 Å². The molecule has 0 unspecified atom stereocenters. The van der Waals surface area contributed by atoms with Crippen LogP contribution in [0.2, 0.25) is 0 Å². The second kappa shape index (κ2) is 12.4. The Morgan fingerprint density at radius 3 is 2.40 bits per heavy atom. The maximum absolute atomic E-state index is 13.2. The maximum atomic E-state index is 13.2. The van der Waals surface area contributed by atoms with Gasteiger partial charge in [0.05, 0.1) is 5.69 Å². The third-order valence-electron chi connectivity index (χ3n) is 8.17. The first-order valence-corrected chi connectivity index (χ1v) is 15.0. The normalized spacial score (nSPS) is 14.0. The fourth-order valence-corrected chi connectivity index (χ4v) is 5.53. The summed E-state index contributed by atoms with van der Waals surface area (Å²) in [4.78, 5) is 33.5. The number of likely N-dealkylation sites (tertiary alicyclic amines) is 1. The molecule has 0 bridgehead atoms. The van der Waals surface area contributed by atoms with Crippen molar-refractivity contribution in [3.8, 4) is 11.3 Å². The summed E-state index contributed by atoms with van der Waals surface area (Å²) >= 11 is 0. The Bertz CT molecular complexity index is 1680. The molecule has 1 amide bonds. The second-order valence-electron chi connectivity index (χ2n) is 12.5. The summed E-state index contributed by atoms with van der Waals surface area (Å²) in [7, 11) is 1.72. The molecule has 224 valence electrons. The lowest BCUT2D eigenvalue weighted by molar-refractivity contribution is 0.102. The number of aryl methyl sites for hydroxylation is 1. The van der Waals surface area contributed by atoms with Gasteiger partial charge < -0.3 is 20.9 Å². The summed E-state index contributed by atoms with van der Waals surface area (Å²) < 4.78 is 1.54. The second-order valence-corrected chi connectivity index (χ2v) is 12.5. The van der Waals surface area contributed by atoms with Crippen LogP contribution in [0.25, 0.3) is 11.3 Å². The van der Waals surface area contributed by atoms with Gasteiger partial charge in [0.2, 0.25) is 0 Å². The molecular weight excluding hydrogens is 536 g/mol. The number of nitrogen functional groups attached to an aromatic ring is 1. The average Bonchev–Trinajstić information content (AvgIpc) is 2.98. The number of carbonyl (C=O) groups excluding carboxylic acids is 1. The number of nitrogens with zero attached hydrogens (tertiary/aromatic N) is 3. The lowest BCUT2D eigenvalue weighted by atomic mass is 9.86. The first-order chi connectivity index (χ1) is 20.5. The van der Waals surface area contributed by atoms with Gasteiger partial charge in [-0.2, -0.15) is 0 Å². The van der Waals surface area contributed by atoms with Crippen LogP contribution in [0.5, 0.6) is 0 Å². The van der Waals surface area contributed by atoms with Gasteiger partial charge in [0.1, 0.15) is 0 Å². The first-order valence-electron chi connectivity index (χ1n) is 15.0. The fourth-order valence-electron chi connectivity index (χ4n) is 5.53. The van der Waals surface area contributed by atoms with Crippen LogP contribution >= 0.6 is 0 Å². The van der Waals surface area contributed by atoms with Crippen molar-refractivity contribution < 1.29 is 4.79 Å². The Morgan fingerprint density at radius 1 is 0.977 bits per heavy atom. The first kappa shape index (κ1) is 30.0. The van der Waals surface area contributed by atoms with Crippen LogP contribution < -0.4 is 21.9 Å². The molecule has 3 aromatic carbocycles. The van der Waals surface area contributed by atoms with Crippen LogP contribution in [0.1, 0.15) is 67.1 Å². The molecule has 1 aliphatic rings. The van der Waals surface area contributed by atoms with E-state index >= 15 is 0 Å². The molecule has 4 aromatic rings. The van der Waals surface area contributed by atoms with Gasteiger partial charge in [0, 0.05) is 48.0 Å². The van der Waals surface area contributed by atoms with E-state index in [1.54, 1.807) is 13.2 Å². The number of amides is 1. The smallest absolute Gasteiger partial charge is 0.293 e. The highest BCUT2D eigenvalue weighted by Crippen LogP contribution is 2.30. The molecule has 0 aliphatic carbocycles. The third-order valence-corrected chi connectivity index (χ3v) is 8.17. The van der Waals surface area contributed by atoms with E-state index in [9.17, 15) is 9.59 Å². The molecule has 1 fully saturated rings. The lowest BCUT2D eigenvalue weighted by Gasteiger charge is -2.27. The largest absolute Gasteiger partial charge is 0.399 e. The fraction of sp³-hybridized carbons (Fsp3) is 0.343. The van der Waals surface area contributed by atoms with Crippen molar-refractivity contribution >= 4 is 28.8 Å². The number of benzene rings is 3. The van der Waals surface area contributed by atoms with Crippen molar-refractivity contribution in [1.82, 2.24) is 14.5 Å². The van der Waals surface area contributed by atoms with Crippen LogP contribution in [-0.4, -0.2) is 33.4 Å². The number of carbonyl (C=O) groups is 1. The Morgan fingerprint density at radius 2 is 1.70 bits per heavy atom. The monoisotopic (exact) mass is 578 g/mol. The molecule has 2 heterocycles. The number of aromatic nitrogens is 2.